The Morgan fingerprint density at radius 2 is 2.10 bits per heavy atom. The number of halogens is 2. The van der Waals surface area contributed by atoms with Crippen LogP contribution in [-0.2, 0) is 0 Å². The molecule has 0 amide bonds. The number of aryl methyl sites for hydroxylation is 1. The van der Waals surface area contributed by atoms with E-state index in [4.69, 9.17) is 4.74 Å². The van der Waals surface area contributed by atoms with Crippen LogP contribution in [0.2, 0.25) is 0 Å². The minimum atomic E-state index is -0.536. The zero-order valence-electron chi connectivity index (χ0n) is 11.7. The first-order valence-corrected chi connectivity index (χ1v) is 7.26. The highest BCUT2D eigenvalue weighted by molar-refractivity contribution is 7.10. The summed E-state index contributed by atoms with van der Waals surface area (Å²) in [6.45, 7) is 4.15. The van der Waals surface area contributed by atoms with Gasteiger partial charge in [-0.25, -0.2) is 8.78 Å². The third-order valence-corrected chi connectivity index (χ3v) is 4.11. The fourth-order valence-corrected chi connectivity index (χ4v) is 3.02. The van der Waals surface area contributed by atoms with Gasteiger partial charge in [-0.1, -0.05) is 13.0 Å². The van der Waals surface area contributed by atoms with Crippen molar-refractivity contribution in [3.8, 4) is 5.75 Å². The van der Waals surface area contributed by atoms with E-state index in [0.717, 1.165) is 4.88 Å². The molecule has 0 spiro atoms. The Hall–Kier alpha value is -1.46. The Labute approximate surface area is 121 Å². The van der Waals surface area contributed by atoms with Gasteiger partial charge in [0.05, 0.1) is 13.2 Å². The van der Waals surface area contributed by atoms with Crippen LogP contribution >= 0.6 is 11.3 Å². The quantitative estimate of drug-likeness (QED) is 0.899. The Balaban J connectivity index is 2.51. The Bertz CT molecular complexity index is 598. The lowest BCUT2D eigenvalue weighted by atomic mass is 10.0. The molecule has 0 bridgehead atoms. The van der Waals surface area contributed by atoms with Crippen LogP contribution in [0.25, 0.3) is 0 Å². The zero-order valence-corrected chi connectivity index (χ0v) is 12.5. The largest absolute Gasteiger partial charge is 0.496 e. The summed E-state index contributed by atoms with van der Waals surface area (Å²) in [4.78, 5) is 0.826. The van der Waals surface area contributed by atoms with Gasteiger partial charge in [0.1, 0.15) is 17.4 Å². The summed E-state index contributed by atoms with van der Waals surface area (Å²) in [6.07, 6.45) is 0. The highest BCUT2D eigenvalue weighted by atomic mass is 32.1. The van der Waals surface area contributed by atoms with Gasteiger partial charge in [0.15, 0.2) is 0 Å². The van der Waals surface area contributed by atoms with Crippen molar-refractivity contribution in [1.29, 1.82) is 0 Å². The van der Waals surface area contributed by atoms with Gasteiger partial charge < -0.3 is 10.1 Å². The molecule has 0 aliphatic carbocycles. The topological polar surface area (TPSA) is 21.3 Å². The zero-order chi connectivity index (χ0) is 14.7. The molecule has 1 unspecified atom stereocenters. The van der Waals surface area contributed by atoms with Crippen molar-refractivity contribution in [2.24, 2.45) is 0 Å². The van der Waals surface area contributed by atoms with Crippen LogP contribution in [0.4, 0.5) is 8.78 Å². The molecule has 20 heavy (non-hydrogen) atoms. The number of hydrogen-bond acceptors (Lipinski definition) is 3. The molecule has 0 aliphatic heterocycles. The molecule has 1 N–H and O–H groups in total. The van der Waals surface area contributed by atoms with E-state index < -0.39 is 17.7 Å². The van der Waals surface area contributed by atoms with E-state index in [2.05, 4.69) is 5.32 Å². The first-order valence-electron chi connectivity index (χ1n) is 6.38. The second-order valence-electron chi connectivity index (χ2n) is 4.47. The lowest BCUT2D eigenvalue weighted by molar-refractivity contribution is 0.416. The van der Waals surface area contributed by atoms with Gasteiger partial charge in [0.25, 0.3) is 0 Å². The lowest BCUT2D eigenvalue weighted by Gasteiger charge is -2.19. The van der Waals surface area contributed by atoms with E-state index >= 15 is 0 Å². The van der Waals surface area contributed by atoms with Crippen LogP contribution in [0.1, 0.15) is 29.0 Å². The average molecular weight is 297 g/mol. The molecular formula is C15H17F2NOS. The van der Waals surface area contributed by atoms with Crippen LogP contribution in [-0.4, -0.2) is 13.7 Å². The van der Waals surface area contributed by atoms with Gasteiger partial charge in [-0.05, 0) is 31.2 Å². The summed E-state index contributed by atoms with van der Waals surface area (Å²) in [7, 11) is 1.57. The molecule has 1 aromatic carbocycles. The molecule has 2 rings (SSSR count). The SMILES string of the molecule is CCNC(c1cc(OC)cs1)c1c(F)ccc(C)c1F. The number of ether oxygens (including phenoxy) is 1. The van der Waals surface area contributed by atoms with Crippen molar-refractivity contribution in [1.82, 2.24) is 5.32 Å². The lowest BCUT2D eigenvalue weighted by Crippen LogP contribution is -2.23. The fourth-order valence-electron chi connectivity index (χ4n) is 2.08. The molecule has 0 saturated carbocycles. The van der Waals surface area contributed by atoms with Crippen molar-refractivity contribution in [3.63, 3.8) is 0 Å². The number of rotatable bonds is 5. The summed E-state index contributed by atoms with van der Waals surface area (Å²) in [6, 6.07) is 4.06. The van der Waals surface area contributed by atoms with Crippen molar-refractivity contribution >= 4 is 11.3 Å². The molecule has 0 saturated heterocycles. The van der Waals surface area contributed by atoms with E-state index in [1.807, 2.05) is 12.3 Å². The maximum Gasteiger partial charge on any atom is 0.134 e. The third-order valence-electron chi connectivity index (χ3n) is 3.13. The highest BCUT2D eigenvalue weighted by Gasteiger charge is 2.24. The number of nitrogens with one attached hydrogen (secondary N) is 1. The first kappa shape index (κ1) is 14.9. The van der Waals surface area contributed by atoms with Crippen LogP contribution in [0.3, 0.4) is 0 Å². The van der Waals surface area contributed by atoms with Crippen LogP contribution in [0, 0.1) is 18.6 Å². The second kappa shape index (κ2) is 6.33. The third kappa shape index (κ3) is 2.83. The van der Waals surface area contributed by atoms with Gasteiger partial charge in [0.2, 0.25) is 0 Å². The second-order valence-corrected chi connectivity index (χ2v) is 5.41. The molecule has 1 aromatic heterocycles. The average Bonchev–Trinajstić information content (AvgIpc) is 2.91. The number of benzene rings is 1. The predicted octanol–water partition coefficient (Wildman–Crippen LogP) is 4.04. The molecule has 2 nitrogen and oxygen atoms in total. The summed E-state index contributed by atoms with van der Waals surface area (Å²) in [5, 5.41) is 4.96. The minimum absolute atomic E-state index is 0.0661. The molecule has 2 aromatic rings. The van der Waals surface area contributed by atoms with Gasteiger partial charge in [-0.3, -0.25) is 0 Å². The van der Waals surface area contributed by atoms with Crippen molar-refractivity contribution < 1.29 is 13.5 Å². The maximum atomic E-state index is 14.3. The molecule has 0 fully saturated rings. The van der Waals surface area contributed by atoms with Gasteiger partial charge in [0, 0.05) is 15.8 Å². The first-order chi connectivity index (χ1) is 9.58. The molecule has 0 radical (unpaired) electrons. The fraction of sp³-hybridized carbons (Fsp3) is 0.333. The van der Waals surface area contributed by atoms with Crippen molar-refractivity contribution in [2.45, 2.75) is 19.9 Å². The molecule has 1 heterocycles. The summed E-state index contributed by atoms with van der Waals surface area (Å²) in [5.74, 6) is -0.337. The summed E-state index contributed by atoms with van der Waals surface area (Å²) >= 11 is 1.42. The van der Waals surface area contributed by atoms with Gasteiger partial charge in [-0.2, -0.15) is 0 Å². The number of thiophene rings is 1. The smallest absolute Gasteiger partial charge is 0.134 e. The van der Waals surface area contributed by atoms with Crippen LogP contribution < -0.4 is 10.1 Å². The molecule has 5 heteroatoms. The summed E-state index contributed by atoms with van der Waals surface area (Å²) in [5.41, 5.74) is 0.504. The molecule has 0 aliphatic rings. The van der Waals surface area contributed by atoms with Crippen LogP contribution in [0.15, 0.2) is 23.6 Å². The van der Waals surface area contributed by atoms with E-state index in [1.165, 1.54) is 23.5 Å². The van der Waals surface area contributed by atoms with E-state index in [1.54, 1.807) is 20.1 Å². The van der Waals surface area contributed by atoms with Gasteiger partial charge >= 0.3 is 0 Å². The molecule has 1 atom stereocenters. The molecular weight excluding hydrogens is 280 g/mol. The maximum absolute atomic E-state index is 14.3. The van der Waals surface area contributed by atoms with Gasteiger partial charge in [-0.15, -0.1) is 11.3 Å². The molecule has 108 valence electrons. The Morgan fingerprint density at radius 3 is 2.70 bits per heavy atom. The Morgan fingerprint density at radius 1 is 1.35 bits per heavy atom. The predicted molar refractivity (Wildman–Crippen MR) is 77.5 cm³/mol. The normalized spacial score (nSPS) is 12.4. The highest BCUT2D eigenvalue weighted by Crippen LogP contribution is 2.34. The van der Waals surface area contributed by atoms with Crippen LogP contribution in [0.5, 0.6) is 5.75 Å². The Kier molecular flexibility index (Phi) is 4.73. The van der Waals surface area contributed by atoms with E-state index in [9.17, 15) is 8.78 Å². The van der Waals surface area contributed by atoms with E-state index in [-0.39, 0.29) is 5.56 Å². The van der Waals surface area contributed by atoms with Crippen molar-refractivity contribution in [3.05, 3.63) is 51.2 Å². The number of methoxy groups -OCH3 is 1. The minimum Gasteiger partial charge on any atom is -0.496 e. The van der Waals surface area contributed by atoms with Crippen molar-refractivity contribution in [2.75, 3.05) is 13.7 Å². The number of hydrogen-bond donors (Lipinski definition) is 1. The standard InChI is InChI=1S/C15H17F2NOS/c1-4-18-15(12-7-10(19-3)8-20-12)13-11(16)6-5-9(2)14(13)17/h5-8,15,18H,4H2,1-3H3. The van der Waals surface area contributed by atoms with E-state index in [0.29, 0.717) is 17.9 Å². The monoisotopic (exact) mass is 297 g/mol. The summed E-state index contributed by atoms with van der Waals surface area (Å²) < 4.78 is 33.5.